The van der Waals surface area contributed by atoms with Crippen LogP contribution in [0.25, 0.3) is 10.9 Å². The lowest BCUT2D eigenvalue weighted by molar-refractivity contribution is -0.115. The van der Waals surface area contributed by atoms with E-state index in [1.54, 1.807) is 0 Å². The number of benzene rings is 2. The average Bonchev–Trinajstić information content (AvgIpc) is 2.99. The highest BCUT2D eigenvalue weighted by Gasteiger charge is 2.20. The molecule has 0 spiro atoms. The number of amides is 1. The lowest BCUT2D eigenvalue weighted by Crippen LogP contribution is -2.28. The molecule has 0 saturated carbocycles. The zero-order chi connectivity index (χ0) is 18.5. The number of carbonyl (C=O) groups excluding carboxylic acids is 2. The van der Waals surface area contributed by atoms with Crippen LogP contribution >= 0.6 is 0 Å². The number of aryl methyl sites for hydroxylation is 1. The van der Waals surface area contributed by atoms with E-state index in [4.69, 9.17) is 4.74 Å². The summed E-state index contributed by atoms with van der Waals surface area (Å²) in [6.07, 6.45) is 0. The second kappa shape index (κ2) is 7.84. The van der Waals surface area contributed by atoms with E-state index in [0.717, 1.165) is 22.0 Å². The minimum atomic E-state index is -0.522. The Bertz CT molecular complexity index is 932. The summed E-state index contributed by atoms with van der Waals surface area (Å²) in [6, 6.07) is 15.6. The number of hydrogen-bond donors (Lipinski definition) is 3. The normalized spacial score (nSPS) is 10.7. The highest BCUT2D eigenvalue weighted by atomic mass is 16.5. The number of rotatable bonds is 6. The number of hydrogen-bond acceptors (Lipinski definition) is 4. The van der Waals surface area contributed by atoms with E-state index in [2.05, 4.69) is 15.6 Å². The standard InChI is InChI=1S/C20H21N3O3/c1-13-8-9-16-15(10-13)18(19(22-16)20(25)26-2)23-17(24)12-21-11-14-6-4-3-5-7-14/h3-10,21-22H,11-12H2,1-2H3,(H,23,24). The number of methoxy groups -OCH3 is 1. The summed E-state index contributed by atoms with van der Waals surface area (Å²) >= 11 is 0. The maximum absolute atomic E-state index is 12.4. The zero-order valence-electron chi connectivity index (χ0n) is 14.8. The molecule has 6 heteroatoms. The Balaban J connectivity index is 1.75. The highest BCUT2D eigenvalue weighted by Crippen LogP contribution is 2.29. The van der Waals surface area contributed by atoms with Gasteiger partial charge in [0.1, 0.15) is 5.69 Å². The van der Waals surface area contributed by atoms with Crippen molar-refractivity contribution in [2.75, 3.05) is 19.0 Å². The van der Waals surface area contributed by atoms with Gasteiger partial charge in [-0.1, -0.05) is 42.0 Å². The van der Waals surface area contributed by atoms with Gasteiger partial charge in [0.25, 0.3) is 0 Å². The fourth-order valence-corrected chi connectivity index (χ4v) is 2.79. The molecule has 0 unspecified atom stereocenters. The quantitative estimate of drug-likeness (QED) is 0.596. The SMILES string of the molecule is COC(=O)c1[nH]c2ccc(C)cc2c1NC(=O)CNCc1ccccc1. The smallest absolute Gasteiger partial charge is 0.356 e. The van der Waals surface area contributed by atoms with Crippen LogP contribution in [0.15, 0.2) is 48.5 Å². The molecule has 134 valence electrons. The molecule has 0 fully saturated rings. The third-order valence-corrected chi connectivity index (χ3v) is 4.07. The van der Waals surface area contributed by atoms with E-state index in [-0.39, 0.29) is 18.1 Å². The second-order valence-corrected chi connectivity index (χ2v) is 6.05. The first-order chi connectivity index (χ1) is 12.6. The number of fused-ring (bicyclic) bond motifs is 1. The van der Waals surface area contributed by atoms with Crippen molar-refractivity contribution in [3.8, 4) is 0 Å². The number of nitrogens with one attached hydrogen (secondary N) is 3. The van der Waals surface area contributed by atoms with Crippen molar-refractivity contribution in [2.24, 2.45) is 0 Å². The maximum Gasteiger partial charge on any atom is 0.356 e. The number of carbonyl (C=O) groups is 2. The van der Waals surface area contributed by atoms with Gasteiger partial charge in [0.15, 0.2) is 0 Å². The predicted molar refractivity (Wildman–Crippen MR) is 101 cm³/mol. The Morgan fingerprint density at radius 3 is 2.62 bits per heavy atom. The molecule has 0 aliphatic heterocycles. The van der Waals surface area contributed by atoms with Crippen molar-refractivity contribution in [3.63, 3.8) is 0 Å². The molecule has 1 heterocycles. The van der Waals surface area contributed by atoms with Gasteiger partial charge in [0.2, 0.25) is 5.91 Å². The van der Waals surface area contributed by atoms with Gasteiger partial charge in [-0.2, -0.15) is 0 Å². The fourth-order valence-electron chi connectivity index (χ4n) is 2.79. The fraction of sp³-hybridized carbons (Fsp3) is 0.200. The Morgan fingerprint density at radius 1 is 1.12 bits per heavy atom. The van der Waals surface area contributed by atoms with Crippen LogP contribution in [-0.4, -0.2) is 30.5 Å². The van der Waals surface area contributed by atoms with Crippen LogP contribution in [0.1, 0.15) is 21.6 Å². The van der Waals surface area contributed by atoms with E-state index in [0.29, 0.717) is 12.2 Å². The molecule has 0 radical (unpaired) electrons. The zero-order valence-corrected chi connectivity index (χ0v) is 14.8. The van der Waals surface area contributed by atoms with E-state index in [9.17, 15) is 9.59 Å². The lowest BCUT2D eigenvalue weighted by atomic mass is 10.1. The maximum atomic E-state index is 12.4. The molecule has 1 amide bonds. The summed E-state index contributed by atoms with van der Waals surface area (Å²) in [7, 11) is 1.31. The molecule has 2 aromatic carbocycles. The molecule has 3 N–H and O–H groups in total. The van der Waals surface area contributed by atoms with Crippen LogP contribution in [0, 0.1) is 6.92 Å². The molecular weight excluding hydrogens is 330 g/mol. The Labute approximate surface area is 151 Å². The van der Waals surface area contributed by atoms with Crippen LogP contribution in [0.4, 0.5) is 5.69 Å². The lowest BCUT2D eigenvalue weighted by Gasteiger charge is -2.08. The number of anilines is 1. The Kier molecular flexibility index (Phi) is 5.34. The Hall–Kier alpha value is -3.12. The van der Waals surface area contributed by atoms with Crippen LogP contribution in [0.2, 0.25) is 0 Å². The van der Waals surface area contributed by atoms with Crippen molar-refractivity contribution in [1.29, 1.82) is 0 Å². The molecule has 0 saturated heterocycles. The summed E-state index contributed by atoms with van der Waals surface area (Å²) in [4.78, 5) is 27.4. The van der Waals surface area contributed by atoms with Crippen molar-refractivity contribution < 1.29 is 14.3 Å². The molecule has 3 rings (SSSR count). The molecule has 3 aromatic rings. The second-order valence-electron chi connectivity index (χ2n) is 6.05. The van der Waals surface area contributed by atoms with Crippen molar-refractivity contribution >= 4 is 28.5 Å². The van der Waals surface area contributed by atoms with E-state index < -0.39 is 5.97 Å². The minimum Gasteiger partial charge on any atom is -0.464 e. The van der Waals surface area contributed by atoms with Crippen molar-refractivity contribution in [2.45, 2.75) is 13.5 Å². The molecule has 26 heavy (non-hydrogen) atoms. The molecule has 0 bridgehead atoms. The first-order valence-corrected chi connectivity index (χ1v) is 8.33. The molecule has 1 aromatic heterocycles. The summed E-state index contributed by atoms with van der Waals surface area (Å²) in [5.74, 6) is -0.750. The van der Waals surface area contributed by atoms with Gasteiger partial charge in [-0.15, -0.1) is 0 Å². The molecule has 0 aliphatic rings. The van der Waals surface area contributed by atoms with Gasteiger partial charge < -0.3 is 20.4 Å². The van der Waals surface area contributed by atoms with Crippen LogP contribution in [0.5, 0.6) is 0 Å². The van der Waals surface area contributed by atoms with Gasteiger partial charge in [-0.05, 0) is 24.6 Å². The molecule has 0 atom stereocenters. The van der Waals surface area contributed by atoms with Crippen LogP contribution in [0.3, 0.4) is 0 Å². The van der Waals surface area contributed by atoms with E-state index in [1.807, 2.05) is 55.5 Å². The van der Waals surface area contributed by atoms with Crippen LogP contribution < -0.4 is 10.6 Å². The number of aromatic nitrogens is 1. The summed E-state index contributed by atoms with van der Waals surface area (Å²) in [5.41, 5.74) is 3.58. The summed E-state index contributed by atoms with van der Waals surface area (Å²) in [5, 5.41) is 6.71. The first-order valence-electron chi connectivity index (χ1n) is 8.33. The average molecular weight is 351 g/mol. The third kappa shape index (κ3) is 3.92. The Morgan fingerprint density at radius 2 is 1.88 bits per heavy atom. The molecule has 6 nitrogen and oxygen atoms in total. The van der Waals surface area contributed by atoms with Crippen LogP contribution in [-0.2, 0) is 16.1 Å². The van der Waals surface area contributed by atoms with Crippen molar-refractivity contribution in [3.05, 3.63) is 65.4 Å². The van der Waals surface area contributed by atoms with Gasteiger partial charge >= 0.3 is 5.97 Å². The van der Waals surface area contributed by atoms with Gasteiger partial charge in [-0.25, -0.2) is 4.79 Å². The van der Waals surface area contributed by atoms with Gasteiger partial charge in [0.05, 0.1) is 19.3 Å². The summed E-state index contributed by atoms with van der Waals surface area (Å²) < 4.78 is 4.82. The summed E-state index contributed by atoms with van der Waals surface area (Å²) in [6.45, 7) is 2.68. The first kappa shape index (κ1) is 17.7. The number of esters is 1. The van der Waals surface area contributed by atoms with Gasteiger partial charge in [0, 0.05) is 17.4 Å². The van der Waals surface area contributed by atoms with Gasteiger partial charge in [-0.3, -0.25) is 4.79 Å². The predicted octanol–water partition coefficient (Wildman–Crippen LogP) is 2.99. The largest absolute Gasteiger partial charge is 0.464 e. The molecular formula is C20H21N3O3. The van der Waals surface area contributed by atoms with E-state index in [1.165, 1.54) is 7.11 Å². The number of H-pyrrole nitrogens is 1. The molecule has 0 aliphatic carbocycles. The van der Waals surface area contributed by atoms with E-state index >= 15 is 0 Å². The number of aromatic amines is 1. The number of ether oxygens (including phenoxy) is 1. The monoisotopic (exact) mass is 351 g/mol. The topological polar surface area (TPSA) is 83.2 Å². The van der Waals surface area contributed by atoms with Crippen molar-refractivity contribution in [1.82, 2.24) is 10.3 Å². The highest BCUT2D eigenvalue weighted by molar-refractivity contribution is 6.11. The minimum absolute atomic E-state index is 0.133. The third-order valence-electron chi connectivity index (χ3n) is 4.07.